The Kier molecular flexibility index (Phi) is 4.41. The fourth-order valence-corrected chi connectivity index (χ4v) is 3.45. The van der Waals surface area contributed by atoms with Crippen LogP contribution in [-0.2, 0) is 0 Å². The molecule has 0 bridgehead atoms. The molecule has 3 heteroatoms. The number of hydrogen-bond donors (Lipinski definition) is 1. The summed E-state index contributed by atoms with van der Waals surface area (Å²) in [5, 5.41) is 3.31. The van der Waals surface area contributed by atoms with Crippen LogP contribution in [-0.4, -0.2) is 7.05 Å². The first kappa shape index (κ1) is 14.7. The lowest BCUT2D eigenvalue weighted by Gasteiger charge is -2.27. The van der Waals surface area contributed by atoms with Crippen LogP contribution in [0.25, 0.3) is 0 Å². The highest BCUT2D eigenvalue weighted by molar-refractivity contribution is 9.10. The molecule has 110 valence electrons. The molecule has 1 aliphatic rings. The molecule has 0 amide bonds. The molecule has 1 aliphatic carbocycles. The number of rotatable bonds is 4. The lowest BCUT2D eigenvalue weighted by atomic mass is 9.79. The van der Waals surface area contributed by atoms with Gasteiger partial charge in [-0.05, 0) is 60.7 Å². The van der Waals surface area contributed by atoms with Gasteiger partial charge in [-0.15, -0.1) is 0 Å². The summed E-state index contributed by atoms with van der Waals surface area (Å²) in [5.74, 6) is 0.502. The van der Waals surface area contributed by atoms with Crippen molar-refractivity contribution in [1.29, 1.82) is 0 Å². The molecule has 1 nitrogen and oxygen atoms in total. The Morgan fingerprint density at radius 3 is 2.67 bits per heavy atom. The van der Waals surface area contributed by atoms with E-state index in [4.69, 9.17) is 0 Å². The molecular weight excluding hydrogens is 329 g/mol. The van der Waals surface area contributed by atoms with Crippen molar-refractivity contribution in [2.75, 3.05) is 7.05 Å². The second-order valence-corrected chi connectivity index (χ2v) is 6.54. The van der Waals surface area contributed by atoms with E-state index in [0.717, 1.165) is 10.0 Å². The fraction of sp³-hybridized carbons (Fsp3) is 0.333. The summed E-state index contributed by atoms with van der Waals surface area (Å²) < 4.78 is 14.5. The first-order chi connectivity index (χ1) is 10.2. The SMILES string of the molecule is CNC(c1cccc(C2CCC2)c1)c1cc(F)ccc1Br. The molecule has 0 spiro atoms. The standard InChI is InChI=1S/C18H19BrFN/c1-21-18(16-11-15(20)8-9-17(16)19)14-7-3-6-13(10-14)12-4-2-5-12/h3,6-12,18,21H,2,4-5H2,1H3. The van der Waals surface area contributed by atoms with Crippen LogP contribution in [0.15, 0.2) is 46.9 Å². The molecule has 0 aliphatic heterocycles. The summed E-state index contributed by atoms with van der Waals surface area (Å²) in [6, 6.07) is 13.5. The molecule has 1 fully saturated rings. The minimum Gasteiger partial charge on any atom is -0.309 e. The predicted octanol–water partition coefficient (Wildman–Crippen LogP) is 5.16. The third-order valence-electron chi connectivity index (χ3n) is 4.38. The molecule has 1 atom stereocenters. The Labute approximate surface area is 133 Å². The molecule has 0 saturated heterocycles. The van der Waals surface area contributed by atoms with Gasteiger partial charge in [-0.25, -0.2) is 4.39 Å². The van der Waals surface area contributed by atoms with E-state index in [2.05, 4.69) is 45.5 Å². The van der Waals surface area contributed by atoms with E-state index in [0.29, 0.717) is 5.92 Å². The van der Waals surface area contributed by atoms with Crippen LogP contribution in [0.5, 0.6) is 0 Å². The third kappa shape index (κ3) is 3.04. The van der Waals surface area contributed by atoms with E-state index in [1.54, 1.807) is 12.1 Å². The number of benzene rings is 2. The summed E-state index contributed by atoms with van der Waals surface area (Å²) in [6.07, 6.45) is 3.91. The highest BCUT2D eigenvalue weighted by Gasteiger charge is 2.21. The van der Waals surface area contributed by atoms with Crippen molar-refractivity contribution in [3.8, 4) is 0 Å². The Morgan fingerprint density at radius 2 is 2.00 bits per heavy atom. The monoisotopic (exact) mass is 347 g/mol. The van der Waals surface area contributed by atoms with Crippen molar-refractivity contribution in [1.82, 2.24) is 5.32 Å². The summed E-state index contributed by atoms with van der Waals surface area (Å²) in [4.78, 5) is 0. The van der Waals surface area contributed by atoms with E-state index in [9.17, 15) is 4.39 Å². The smallest absolute Gasteiger partial charge is 0.123 e. The molecular formula is C18H19BrFN. The van der Waals surface area contributed by atoms with Crippen LogP contribution in [0.2, 0.25) is 0 Å². The quantitative estimate of drug-likeness (QED) is 0.804. The second-order valence-electron chi connectivity index (χ2n) is 5.69. The Hall–Kier alpha value is -1.19. The van der Waals surface area contributed by atoms with E-state index in [-0.39, 0.29) is 11.9 Å². The molecule has 0 radical (unpaired) electrons. The second kappa shape index (κ2) is 6.29. The minimum atomic E-state index is -0.205. The lowest BCUT2D eigenvalue weighted by molar-refractivity contribution is 0.419. The molecule has 0 heterocycles. The molecule has 1 saturated carbocycles. The van der Waals surface area contributed by atoms with Crippen molar-refractivity contribution < 1.29 is 4.39 Å². The Bertz CT molecular complexity index is 637. The van der Waals surface area contributed by atoms with Gasteiger partial charge in [0.2, 0.25) is 0 Å². The number of hydrogen-bond acceptors (Lipinski definition) is 1. The van der Waals surface area contributed by atoms with Gasteiger partial charge in [0, 0.05) is 4.47 Å². The van der Waals surface area contributed by atoms with Crippen molar-refractivity contribution in [2.45, 2.75) is 31.2 Å². The predicted molar refractivity (Wildman–Crippen MR) is 88.0 cm³/mol. The average molecular weight is 348 g/mol. The van der Waals surface area contributed by atoms with Gasteiger partial charge in [0.1, 0.15) is 5.82 Å². The van der Waals surface area contributed by atoms with E-state index in [1.165, 1.54) is 36.5 Å². The van der Waals surface area contributed by atoms with E-state index in [1.807, 2.05) is 7.05 Å². The average Bonchev–Trinajstić information content (AvgIpc) is 2.42. The van der Waals surface area contributed by atoms with Gasteiger partial charge in [0.05, 0.1) is 6.04 Å². The summed E-state index contributed by atoms with van der Waals surface area (Å²) in [6.45, 7) is 0. The van der Waals surface area contributed by atoms with Crippen molar-refractivity contribution in [3.05, 3.63) is 69.4 Å². The summed E-state index contributed by atoms with van der Waals surface area (Å²) >= 11 is 3.53. The van der Waals surface area contributed by atoms with Crippen molar-refractivity contribution in [3.63, 3.8) is 0 Å². The van der Waals surface area contributed by atoms with E-state index >= 15 is 0 Å². The van der Waals surface area contributed by atoms with Crippen LogP contribution in [0.4, 0.5) is 4.39 Å². The Balaban J connectivity index is 1.97. The third-order valence-corrected chi connectivity index (χ3v) is 5.10. The highest BCUT2D eigenvalue weighted by Crippen LogP contribution is 2.38. The zero-order valence-corrected chi connectivity index (χ0v) is 13.7. The van der Waals surface area contributed by atoms with Crippen LogP contribution in [0, 0.1) is 5.82 Å². The molecule has 1 N–H and O–H groups in total. The first-order valence-electron chi connectivity index (χ1n) is 7.41. The molecule has 3 rings (SSSR count). The van der Waals surface area contributed by atoms with Gasteiger partial charge in [-0.3, -0.25) is 0 Å². The number of halogens is 2. The zero-order chi connectivity index (χ0) is 14.8. The maximum atomic E-state index is 13.6. The molecule has 2 aromatic rings. The molecule has 0 aromatic heterocycles. The summed E-state index contributed by atoms with van der Waals surface area (Å²) in [7, 11) is 1.91. The van der Waals surface area contributed by atoms with Crippen LogP contribution >= 0.6 is 15.9 Å². The van der Waals surface area contributed by atoms with Crippen molar-refractivity contribution in [2.24, 2.45) is 0 Å². The molecule has 1 unspecified atom stereocenters. The first-order valence-corrected chi connectivity index (χ1v) is 8.20. The number of nitrogens with one attached hydrogen (secondary N) is 1. The Morgan fingerprint density at radius 1 is 1.19 bits per heavy atom. The summed E-state index contributed by atoms with van der Waals surface area (Å²) in [5.41, 5.74) is 3.53. The van der Waals surface area contributed by atoms with Gasteiger partial charge >= 0.3 is 0 Å². The lowest BCUT2D eigenvalue weighted by Crippen LogP contribution is -2.19. The highest BCUT2D eigenvalue weighted by atomic mass is 79.9. The minimum absolute atomic E-state index is 0.00454. The van der Waals surface area contributed by atoms with Gasteiger partial charge in [0.25, 0.3) is 0 Å². The van der Waals surface area contributed by atoms with Crippen LogP contribution < -0.4 is 5.32 Å². The van der Waals surface area contributed by atoms with Crippen LogP contribution in [0.1, 0.15) is 47.9 Å². The van der Waals surface area contributed by atoms with Crippen molar-refractivity contribution >= 4 is 15.9 Å². The van der Waals surface area contributed by atoms with Gasteiger partial charge < -0.3 is 5.32 Å². The van der Waals surface area contributed by atoms with Gasteiger partial charge in [-0.1, -0.05) is 46.6 Å². The van der Waals surface area contributed by atoms with E-state index < -0.39 is 0 Å². The maximum absolute atomic E-state index is 13.6. The van der Waals surface area contributed by atoms with Gasteiger partial charge in [-0.2, -0.15) is 0 Å². The van der Waals surface area contributed by atoms with Gasteiger partial charge in [0.15, 0.2) is 0 Å². The maximum Gasteiger partial charge on any atom is 0.123 e. The van der Waals surface area contributed by atoms with Crippen LogP contribution in [0.3, 0.4) is 0 Å². The molecule has 2 aromatic carbocycles. The normalized spacial score (nSPS) is 16.5. The topological polar surface area (TPSA) is 12.0 Å². The largest absolute Gasteiger partial charge is 0.309 e. The molecule has 21 heavy (non-hydrogen) atoms. The fourth-order valence-electron chi connectivity index (χ4n) is 2.97. The zero-order valence-electron chi connectivity index (χ0n) is 12.1.